The minimum Gasteiger partial charge on any atom is -0.378 e. The van der Waals surface area contributed by atoms with Gasteiger partial charge in [0.05, 0.1) is 47.4 Å². The summed E-state index contributed by atoms with van der Waals surface area (Å²) in [6.45, 7) is 6.71. The predicted octanol–water partition coefficient (Wildman–Crippen LogP) is 3.58. The lowest BCUT2D eigenvalue weighted by Gasteiger charge is -2.56. The van der Waals surface area contributed by atoms with E-state index < -0.39 is 0 Å². The van der Waals surface area contributed by atoms with Crippen LogP contribution in [0.3, 0.4) is 0 Å². The Morgan fingerprint density at radius 3 is 2.71 bits per heavy atom. The Morgan fingerprint density at radius 2 is 1.93 bits per heavy atom. The molecule has 0 amide bonds. The van der Waals surface area contributed by atoms with Gasteiger partial charge in [-0.05, 0) is 31.0 Å². The van der Waals surface area contributed by atoms with Gasteiger partial charge in [-0.15, -0.1) is 0 Å². The van der Waals surface area contributed by atoms with Gasteiger partial charge < -0.3 is 19.9 Å². The third kappa shape index (κ3) is 4.19. The lowest BCUT2D eigenvalue weighted by atomic mass is 9.86. The van der Waals surface area contributed by atoms with Crippen LogP contribution in [0, 0.1) is 11.3 Å². The van der Waals surface area contributed by atoms with Gasteiger partial charge in [-0.1, -0.05) is 11.6 Å². The van der Waals surface area contributed by atoms with Crippen molar-refractivity contribution in [3.05, 3.63) is 64.7 Å². The molecule has 0 aliphatic carbocycles. The molecule has 2 unspecified atom stereocenters. The first-order chi connectivity index (χ1) is 20.2. The van der Waals surface area contributed by atoms with Crippen LogP contribution in [0.5, 0.6) is 0 Å². The molecule has 9 rings (SSSR count). The molecule has 0 radical (unpaired) electrons. The number of hydrogen-bond donors (Lipinski definition) is 1. The predicted molar refractivity (Wildman–Crippen MR) is 158 cm³/mol. The van der Waals surface area contributed by atoms with E-state index in [9.17, 15) is 5.26 Å². The number of piperazine rings is 1. The van der Waals surface area contributed by atoms with Crippen LogP contribution in [0.1, 0.15) is 23.1 Å². The fourth-order valence-electron chi connectivity index (χ4n) is 6.84. The van der Waals surface area contributed by atoms with Crippen molar-refractivity contribution >= 4 is 34.4 Å². The molecule has 1 N–H and O–H groups in total. The number of ether oxygens (including phenoxy) is 1. The Hall–Kier alpha value is -3.91. The summed E-state index contributed by atoms with van der Waals surface area (Å²) in [6, 6.07) is 9.65. The average Bonchev–Trinajstić information content (AvgIpc) is 3.68. The summed E-state index contributed by atoms with van der Waals surface area (Å²) in [5, 5.41) is 18.4. The summed E-state index contributed by atoms with van der Waals surface area (Å²) >= 11 is 6.77. The fourth-order valence-corrected chi connectivity index (χ4v) is 7.13. The highest BCUT2D eigenvalue weighted by Gasteiger charge is 2.45. The van der Waals surface area contributed by atoms with E-state index in [0.717, 1.165) is 95.8 Å². The summed E-state index contributed by atoms with van der Waals surface area (Å²) < 4.78 is 7.37. The highest BCUT2D eigenvalue weighted by atomic mass is 35.5. The minimum atomic E-state index is 0.479. The quantitative estimate of drug-likeness (QED) is 0.388. The lowest BCUT2D eigenvalue weighted by molar-refractivity contribution is -0.00873. The first-order valence-corrected chi connectivity index (χ1v) is 14.7. The number of pyridine rings is 3. The summed E-state index contributed by atoms with van der Waals surface area (Å²) in [7, 11) is 0. The number of rotatable bonds is 5. The van der Waals surface area contributed by atoms with Gasteiger partial charge in [-0.2, -0.15) is 10.4 Å². The summed E-state index contributed by atoms with van der Waals surface area (Å²) in [6.07, 6.45) is 9.66. The van der Waals surface area contributed by atoms with E-state index in [4.69, 9.17) is 21.3 Å². The van der Waals surface area contributed by atoms with Crippen molar-refractivity contribution in [1.29, 1.82) is 5.26 Å². The Balaban J connectivity index is 1.02. The van der Waals surface area contributed by atoms with Crippen LogP contribution in [0.2, 0.25) is 5.02 Å². The third-order valence-electron chi connectivity index (χ3n) is 9.02. The normalized spacial score (nSPS) is 21.9. The monoisotopic (exact) mass is 567 g/mol. The lowest BCUT2D eigenvalue weighted by Crippen LogP contribution is -2.68. The van der Waals surface area contributed by atoms with Crippen molar-refractivity contribution in [3.63, 3.8) is 0 Å². The molecule has 5 aliphatic rings. The minimum absolute atomic E-state index is 0.479. The van der Waals surface area contributed by atoms with Crippen LogP contribution in [0.25, 0.3) is 16.6 Å². The molecule has 0 spiro atoms. The topological polar surface area (TPSA) is 97.9 Å². The van der Waals surface area contributed by atoms with Gasteiger partial charge in [0.15, 0.2) is 0 Å². The molecule has 9 heterocycles. The zero-order valence-electron chi connectivity index (χ0n) is 22.6. The standard InChI is InChI=1S/C30H30ClN9O/c31-28-21(13-35-30-25(28)3-4-33-30)15-39-23-9-24(39)17-38(16-23)27-2-1-19(12-34-27)26-10-22(37-5-7-41-8-6-37)18-40-29(26)20(11-32)14-36-40/h1-2,10,12-14,18,23-24H,3-9,15-17H2,(H,33,35). The summed E-state index contributed by atoms with van der Waals surface area (Å²) in [5.41, 5.74) is 6.66. The van der Waals surface area contributed by atoms with E-state index in [-0.39, 0.29) is 0 Å². The largest absolute Gasteiger partial charge is 0.378 e. The summed E-state index contributed by atoms with van der Waals surface area (Å²) in [5.74, 6) is 1.93. The van der Waals surface area contributed by atoms with Gasteiger partial charge >= 0.3 is 0 Å². The number of halogens is 1. The van der Waals surface area contributed by atoms with Crippen LogP contribution < -0.4 is 15.1 Å². The van der Waals surface area contributed by atoms with Crippen molar-refractivity contribution in [2.45, 2.75) is 31.5 Å². The number of nitrogens with zero attached hydrogens (tertiary/aromatic N) is 8. The van der Waals surface area contributed by atoms with E-state index in [0.29, 0.717) is 30.9 Å². The number of morpholine rings is 1. The summed E-state index contributed by atoms with van der Waals surface area (Å²) in [4.78, 5) is 16.8. The highest BCUT2D eigenvalue weighted by molar-refractivity contribution is 6.32. The van der Waals surface area contributed by atoms with Gasteiger partial charge in [0.2, 0.25) is 0 Å². The number of hydrogen-bond acceptors (Lipinski definition) is 9. The van der Waals surface area contributed by atoms with Crippen molar-refractivity contribution < 1.29 is 4.74 Å². The Bertz CT molecular complexity index is 1660. The molecule has 5 aliphatic heterocycles. The van der Waals surface area contributed by atoms with Crippen molar-refractivity contribution in [2.75, 3.05) is 61.1 Å². The maximum absolute atomic E-state index is 9.76. The molecule has 10 nitrogen and oxygen atoms in total. The van der Waals surface area contributed by atoms with E-state index in [2.05, 4.69) is 54.4 Å². The molecule has 4 saturated heterocycles. The Morgan fingerprint density at radius 1 is 1.07 bits per heavy atom. The first kappa shape index (κ1) is 24.9. The molecule has 2 bridgehead atoms. The number of anilines is 3. The molecule has 4 fully saturated rings. The van der Waals surface area contributed by atoms with Crippen LogP contribution in [0.15, 0.2) is 43.0 Å². The zero-order valence-corrected chi connectivity index (χ0v) is 23.4. The number of nitriles is 1. The zero-order chi connectivity index (χ0) is 27.5. The van der Waals surface area contributed by atoms with Crippen LogP contribution >= 0.6 is 11.6 Å². The number of nitrogens with one attached hydrogen (secondary N) is 1. The number of piperidine rings is 1. The second-order valence-corrected chi connectivity index (χ2v) is 11.7. The maximum Gasteiger partial charge on any atom is 0.130 e. The first-order valence-electron chi connectivity index (χ1n) is 14.3. The van der Waals surface area contributed by atoms with Gasteiger partial charge in [-0.3, -0.25) is 4.90 Å². The molecule has 2 atom stereocenters. The van der Waals surface area contributed by atoms with E-state index in [1.165, 1.54) is 6.42 Å². The van der Waals surface area contributed by atoms with E-state index in [1.807, 2.05) is 23.1 Å². The molecule has 41 heavy (non-hydrogen) atoms. The van der Waals surface area contributed by atoms with Crippen LogP contribution in [-0.2, 0) is 17.7 Å². The van der Waals surface area contributed by atoms with E-state index in [1.54, 1.807) is 6.20 Å². The maximum atomic E-state index is 9.76. The van der Waals surface area contributed by atoms with Crippen molar-refractivity contribution in [1.82, 2.24) is 24.5 Å². The average molecular weight is 568 g/mol. The smallest absolute Gasteiger partial charge is 0.130 e. The Labute approximate surface area is 243 Å². The van der Waals surface area contributed by atoms with Crippen LogP contribution in [-0.4, -0.2) is 82.5 Å². The third-order valence-corrected chi connectivity index (χ3v) is 9.49. The molecular weight excluding hydrogens is 538 g/mol. The second-order valence-electron chi connectivity index (χ2n) is 11.3. The highest BCUT2D eigenvalue weighted by Crippen LogP contribution is 2.39. The molecular formula is C30H30ClN9O. The molecule has 0 saturated carbocycles. The van der Waals surface area contributed by atoms with Gasteiger partial charge in [0.25, 0.3) is 0 Å². The number of fused-ring (bicyclic) bond motifs is 4. The van der Waals surface area contributed by atoms with Gasteiger partial charge in [0, 0.05) is 86.0 Å². The number of aromatic nitrogens is 4. The second kappa shape index (κ2) is 9.87. The molecule has 0 aromatic carbocycles. The molecule has 4 aromatic heterocycles. The molecule has 11 heteroatoms. The fraction of sp³-hybridized carbons (Fsp3) is 0.400. The van der Waals surface area contributed by atoms with Crippen molar-refractivity contribution in [3.8, 4) is 17.2 Å². The van der Waals surface area contributed by atoms with Gasteiger partial charge in [-0.25, -0.2) is 14.5 Å². The Kier molecular flexibility index (Phi) is 5.98. The van der Waals surface area contributed by atoms with Crippen molar-refractivity contribution in [2.24, 2.45) is 0 Å². The molecule has 4 aromatic rings. The van der Waals surface area contributed by atoms with Crippen LogP contribution in [0.4, 0.5) is 17.3 Å². The van der Waals surface area contributed by atoms with E-state index >= 15 is 0 Å². The SMILES string of the molecule is N#Cc1cnn2cc(N3CCOCC3)cc(-c3ccc(N4CC5CC(C4)N5Cc4cnc5c(c4Cl)CCN5)nc3)c12. The molecule has 208 valence electrons. The van der Waals surface area contributed by atoms with Gasteiger partial charge in [0.1, 0.15) is 17.7 Å².